The highest BCUT2D eigenvalue weighted by atomic mass is 35.5. The van der Waals surface area contributed by atoms with Crippen LogP contribution in [0, 0.1) is 0 Å². The fourth-order valence-electron chi connectivity index (χ4n) is 3.73. The van der Waals surface area contributed by atoms with Crippen molar-refractivity contribution in [2.45, 2.75) is 0 Å². The van der Waals surface area contributed by atoms with E-state index in [1.165, 1.54) is 18.8 Å². The van der Waals surface area contributed by atoms with Gasteiger partial charge in [0.25, 0.3) is 5.56 Å². The Hall–Kier alpha value is -3.68. The zero-order valence-corrected chi connectivity index (χ0v) is 21.0. The fraction of sp³-hybridized carbons (Fsp3) is 0.154. The van der Waals surface area contributed by atoms with Crippen molar-refractivity contribution < 1.29 is 18.9 Å². The lowest BCUT2D eigenvalue weighted by Gasteiger charge is -2.15. The number of methoxy groups -OCH3 is 4. The summed E-state index contributed by atoms with van der Waals surface area (Å²) in [4.78, 5) is 18.3. The van der Waals surface area contributed by atoms with Crippen LogP contribution in [0.15, 0.2) is 53.3 Å². The van der Waals surface area contributed by atoms with E-state index in [1.807, 2.05) is 0 Å². The Balaban J connectivity index is 1.97. The van der Waals surface area contributed by atoms with Crippen LogP contribution in [0.3, 0.4) is 0 Å². The molecule has 7 nitrogen and oxygen atoms in total. The molecule has 0 N–H and O–H groups in total. The summed E-state index contributed by atoms with van der Waals surface area (Å²) in [6.45, 7) is 0. The smallest absolute Gasteiger partial charge is 0.266 e. The average Bonchev–Trinajstić information content (AvgIpc) is 2.86. The molecule has 0 saturated heterocycles. The minimum atomic E-state index is -0.295. The largest absolute Gasteiger partial charge is 0.495 e. The molecule has 0 aliphatic heterocycles. The van der Waals surface area contributed by atoms with Crippen LogP contribution in [-0.2, 0) is 0 Å². The first-order valence-corrected chi connectivity index (χ1v) is 11.2. The van der Waals surface area contributed by atoms with Gasteiger partial charge in [-0.25, -0.2) is 4.98 Å². The van der Waals surface area contributed by atoms with Crippen molar-refractivity contribution in [1.82, 2.24) is 9.55 Å². The van der Waals surface area contributed by atoms with Gasteiger partial charge in [-0.05, 0) is 60.2 Å². The molecule has 0 saturated carbocycles. The number of aromatic nitrogens is 2. The van der Waals surface area contributed by atoms with Gasteiger partial charge in [0, 0.05) is 10.0 Å². The predicted molar refractivity (Wildman–Crippen MR) is 139 cm³/mol. The lowest BCUT2D eigenvalue weighted by molar-refractivity contribution is 0.324. The number of hydrogen-bond acceptors (Lipinski definition) is 6. The molecular formula is C26H22Cl2N2O5. The normalized spacial score (nSPS) is 11.1. The molecule has 0 aliphatic carbocycles. The van der Waals surface area contributed by atoms with Crippen molar-refractivity contribution in [1.29, 1.82) is 0 Å². The summed E-state index contributed by atoms with van der Waals surface area (Å²) in [5, 5.41) is 1.33. The van der Waals surface area contributed by atoms with Crippen LogP contribution in [0.4, 0.5) is 0 Å². The summed E-state index contributed by atoms with van der Waals surface area (Å²) in [6, 6.07) is 13.6. The first kappa shape index (κ1) is 24.4. The third-order valence-corrected chi connectivity index (χ3v) is 5.82. The Labute approximate surface area is 212 Å². The van der Waals surface area contributed by atoms with Gasteiger partial charge in [-0.1, -0.05) is 29.3 Å². The molecular weight excluding hydrogens is 491 g/mol. The Morgan fingerprint density at radius 2 is 1.40 bits per heavy atom. The number of ether oxygens (including phenoxy) is 4. The molecule has 3 aromatic carbocycles. The van der Waals surface area contributed by atoms with E-state index in [0.717, 1.165) is 5.56 Å². The lowest BCUT2D eigenvalue weighted by atomic mass is 10.1. The highest BCUT2D eigenvalue weighted by Gasteiger charge is 2.17. The number of benzene rings is 3. The molecule has 0 fully saturated rings. The van der Waals surface area contributed by atoms with Crippen molar-refractivity contribution in [2.75, 3.05) is 28.4 Å². The highest BCUT2D eigenvalue weighted by Crippen LogP contribution is 2.38. The quantitative estimate of drug-likeness (QED) is 0.307. The number of fused-ring (bicyclic) bond motifs is 1. The van der Waals surface area contributed by atoms with Crippen LogP contribution < -0.4 is 24.5 Å². The zero-order chi connectivity index (χ0) is 25.1. The number of rotatable bonds is 7. The summed E-state index contributed by atoms with van der Waals surface area (Å²) in [5.41, 5.74) is 1.37. The number of halogens is 2. The van der Waals surface area contributed by atoms with E-state index in [0.29, 0.717) is 55.5 Å². The average molecular weight is 513 g/mol. The molecule has 180 valence electrons. The molecule has 0 unspecified atom stereocenters. The molecule has 1 heterocycles. The van der Waals surface area contributed by atoms with Crippen molar-refractivity contribution in [3.63, 3.8) is 0 Å². The van der Waals surface area contributed by atoms with E-state index in [2.05, 4.69) is 0 Å². The lowest BCUT2D eigenvalue weighted by Crippen LogP contribution is -2.23. The van der Waals surface area contributed by atoms with Crippen molar-refractivity contribution >= 4 is 46.3 Å². The standard InChI is InChI=1S/C26H22Cl2N2O5/c1-32-21-9-7-17(28)14-20(21)30-24(29-19-13-16(27)6-8-18(19)26(30)31)10-5-15-11-22(33-2)25(35-4)23(12-15)34-3/h5-14H,1-4H3/b10-5+. The van der Waals surface area contributed by atoms with Gasteiger partial charge >= 0.3 is 0 Å². The van der Waals surface area contributed by atoms with Gasteiger partial charge in [-0.2, -0.15) is 0 Å². The highest BCUT2D eigenvalue weighted by molar-refractivity contribution is 6.31. The second kappa shape index (κ2) is 10.3. The van der Waals surface area contributed by atoms with Crippen LogP contribution >= 0.6 is 23.2 Å². The maximum atomic E-state index is 13.6. The topological polar surface area (TPSA) is 71.8 Å². The molecule has 1 aromatic heterocycles. The summed E-state index contributed by atoms with van der Waals surface area (Å²) < 4.78 is 23.2. The van der Waals surface area contributed by atoms with E-state index >= 15 is 0 Å². The van der Waals surface area contributed by atoms with Crippen molar-refractivity contribution in [3.05, 3.63) is 80.3 Å². The van der Waals surface area contributed by atoms with Crippen molar-refractivity contribution in [3.8, 4) is 28.7 Å². The van der Waals surface area contributed by atoms with Gasteiger partial charge in [-0.15, -0.1) is 0 Å². The zero-order valence-electron chi connectivity index (χ0n) is 19.5. The molecule has 4 rings (SSSR count). The Kier molecular flexibility index (Phi) is 7.19. The Morgan fingerprint density at radius 3 is 2.03 bits per heavy atom. The fourth-order valence-corrected chi connectivity index (χ4v) is 4.06. The van der Waals surface area contributed by atoms with E-state index in [-0.39, 0.29) is 5.56 Å². The summed E-state index contributed by atoms with van der Waals surface area (Å²) in [7, 11) is 6.15. The van der Waals surface area contributed by atoms with E-state index in [1.54, 1.807) is 74.9 Å². The van der Waals surface area contributed by atoms with Crippen LogP contribution in [-0.4, -0.2) is 38.0 Å². The monoisotopic (exact) mass is 512 g/mol. The summed E-state index contributed by atoms with van der Waals surface area (Å²) in [6.07, 6.45) is 3.50. The SMILES string of the molecule is COc1ccc(Cl)cc1-n1c(/C=C/c2cc(OC)c(OC)c(OC)c2)nc2cc(Cl)ccc2c1=O. The van der Waals surface area contributed by atoms with Gasteiger partial charge in [0.2, 0.25) is 5.75 Å². The predicted octanol–water partition coefficient (Wildman–Crippen LogP) is 5.90. The van der Waals surface area contributed by atoms with E-state index in [9.17, 15) is 4.79 Å². The second-order valence-corrected chi connectivity index (χ2v) is 8.25. The molecule has 0 aliphatic rings. The first-order valence-electron chi connectivity index (χ1n) is 10.4. The van der Waals surface area contributed by atoms with Gasteiger partial charge in [-0.3, -0.25) is 9.36 Å². The maximum absolute atomic E-state index is 13.6. The van der Waals surface area contributed by atoms with Crippen LogP contribution in [0.5, 0.6) is 23.0 Å². The van der Waals surface area contributed by atoms with Crippen LogP contribution in [0.2, 0.25) is 10.0 Å². The maximum Gasteiger partial charge on any atom is 0.266 e. The molecule has 4 aromatic rings. The van der Waals surface area contributed by atoms with Gasteiger partial charge < -0.3 is 18.9 Å². The molecule has 0 amide bonds. The van der Waals surface area contributed by atoms with Crippen molar-refractivity contribution in [2.24, 2.45) is 0 Å². The number of nitrogens with zero attached hydrogens (tertiary/aromatic N) is 2. The molecule has 0 spiro atoms. The minimum absolute atomic E-state index is 0.295. The third-order valence-electron chi connectivity index (χ3n) is 5.35. The van der Waals surface area contributed by atoms with E-state index < -0.39 is 0 Å². The molecule has 0 radical (unpaired) electrons. The van der Waals surface area contributed by atoms with Gasteiger partial charge in [0.15, 0.2) is 11.5 Å². The van der Waals surface area contributed by atoms with Gasteiger partial charge in [0.05, 0.1) is 45.0 Å². The second-order valence-electron chi connectivity index (χ2n) is 7.38. The Morgan fingerprint density at radius 1 is 0.771 bits per heavy atom. The van der Waals surface area contributed by atoms with Crippen LogP contribution in [0.1, 0.15) is 11.4 Å². The molecule has 35 heavy (non-hydrogen) atoms. The molecule has 0 bridgehead atoms. The molecule has 0 atom stereocenters. The van der Waals surface area contributed by atoms with E-state index in [4.69, 9.17) is 47.1 Å². The third kappa shape index (κ3) is 4.78. The summed E-state index contributed by atoms with van der Waals surface area (Å²) >= 11 is 12.4. The number of hydrogen-bond donors (Lipinski definition) is 0. The summed E-state index contributed by atoms with van der Waals surface area (Å²) in [5.74, 6) is 2.29. The Bertz CT molecular complexity index is 1470. The minimum Gasteiger partial charge on any atom is -0.495 e. The van der Waals surface area contributed by atoms with Gasteiger partial charge in [0.1, 0.15) is 11.6 Å². The molecule has 9 heteroatoms. The van der Waals surface area contributed by atoms with Crippen LogP contribution in [0.25, 0.3) is 28.7 Å². The first-order chi connectivity index (χ1) is 16.9.